The van der Waals surface area contributed by atoms with Crippen LogP contribution >= 0.6 is 0 Å². The number of para-hydroxylation sites is 1. The van der Waals surface area contributed by atoms with E-state index >= 15 is 0 Å². The Bertz CT molecular complexity index is 450. The lowest BCUT2D eigenvalue weighted by Crippen LogP contribution is -2.37. The fourth-order valence-electron chi connectivity index (χ4n) is 3.01. The number of hydrogen-bond acceptors (Lipinski definition) is 2. The van der Waals surface area contributed by atoms with Crippen molar-refractivity contribution in [2.45, 2.75) is 43.7 Å². The summed E-state index contributed by atoms with van der Waals surface area (Å²) in [5.41, 5.74) is 4.68. The molecule has 1 fully saturated rings. The van der Waals surface area contributed by atoms with Crippen LogP contribution in [-0.2, 0) is 11.6 Å². The first-order valence-electron chi connectivity index (χ1n) is 6.50. The third-order valence-electron chi connectivity index (χ3n) is 4.11. The van der Waals surface area contributed by atoms with Crippen LogP contribution in [0.25, 0.3) is 0 Å². The molecule has 3 N–H and O–H groups in total. The molecule has 0 bridgehead atoms. The highest BCUT2D eigenvalue weighted by Gasteiger charge is 2.40. The van der Waals surface area contributed by atoms with Gasteiger partial charge >= 0.3 is 6.18 Å². The van der Waals surface area contributed by atoms with E-state index in [2.05, 4.69) is 0 Å². The van der Waals surface area contributed by atoms with Gasteiger partial charge in [-0.2, -0.15) is 13.2 Å². The summed E-state index contributed by atoms with van der Waals surface area (Å²) in [4.78, 5) is 0. The molecule has 1 aliphatic rings. The Morgan fingerprint density at radius 1 is 1.16 bits per heavy atom. The molecule has 106 valence electrons. The maximum absolute atomic E-state index is 12.8. The molecule has 19 heavy (non-hydrogen) atoms. The molecule has 0 saturated heterocycles. The Hall–Kier alpha value is -1.23. The van der Waals surface area contributed by atoms with Gasteiger partial charge in [0.05, 0.1) is 5.56 Å². The van der Waals surface area contributed by atoms with Crippen LogP contribution in [-0.4, -0.2) is 11.7 Å². The van der Waals surface area contributed by atoms with Gasteiger partial charge in [0.15, 0.2) is 0 Å². The van der Waals surface area contributed by atoms with E-state index < -0.39 is 22.9 Å². The number of hydrogen-bond donors (Lipinski definition) is 2. The molecule has 2 rings (SSSR count). The van der Waals surface area contributed by atoms with Crippen LogP contribution in [0.4, 0.5) is 13.2 Å². The van der Waals surface area contributed by atoms with E-state index in [1.165, 1.54) is 6.07 Å². The van der Waals surface area contributed by atoms with Crippen molar-refractivity contribution in [3.8, 4) is 5.75 Å². The molecule has 0 atom stereocenters. The first-order valence-corrected chi connectivity index (χ1v) is 6.50. The van der Waals surface area contributed by atoms with Crippen LogP contribution < -0.4 is 5.73 Å². The molecule has 0 heterocycles. The Morgan fingerprint density at radius 2 is 1.79 bits per heavy atom. The third-order valence-corrected chi connectivity index (χ3v) is 4.11. The Balaban J connectivity index is 2.50. The van der Waals surface area contributed by atoms with Crippen molar-refractivity contribution in [3.05, 3.63) is 29.3 Å². The number of phenols is 1. The number of aromatic hydroxyl groups is 1. The molecule has 0 radical (unpaired) electrons. The van der Waals surface area contributed by atoms with Crippen molar-refractivity contribution < 1.29 is 18.3 Å². The Kier molecular flexibility index (Phi) is 3.76. The Labute approximate surface area is 110 Å². The predicted octanol–water partition coefficient (Wildman–Crippen LogP) is 3.57. The van der Waals surface area contributed by atoms with Crippen molar-refractivity contribution in [1.29, 1.82) is 0 Å². The minimum Gasteiger partial charge on any atom is -0.507 e. The molecule has 0 spiro atoms. The largest absolute Gasteiger partial charge is 0.507 e. The topological polar surface area (TPSA) is 46.2 Å². The van der Waals surface area contributed by atoms with Gasteiger partial charge in [-0.1, -0.05) is 31.4 Å². The van der Waals surface area contributed by atoms with Crippen LogP contribution in [0.15, 0.2) is 18.2 Å². The molecule has 2 nitrogen and oxygen atoms in total. The minimum atomic E-state index is -4.54. The van der Waals surface area contributed by atoms with Gasteiger partial charge in [-0.15, -0.1) is 0 Å². The number of rotatable bonds is 2. The van der Waals surface area contributed by atoms with Gasteiger partial charge in [0, 0.05) is 17.5 Å². The standard InChI is InChI=1S/C14H18F3NO/c15-14(16,17)11-6-4-5-10(12(11)19)13(9-18)7-2-1-3-8-13/h4-6,19H,1-3,7-9,18H2. The lowest BCUT2D eigenvalue weighted by Gasteiger charge is -2.37. The number of halogens is 3. The van der Waals surface area contributed by atoms with Crippen molar-refractivity contribution in [3.63, 3.8) is 0 Å². The summed E-state index contributed by atoms with van der Waals surface area (Å²) in [6, 6.07) is 3.83. The van der Waals surface area contributed by atoms with Crippen molar-refractivity contribution in [2.24, 2.45) is 5.73 Å². The molecule has 0 amide bonds. The minimum absolute atomic E-state index is 0.266. The average Bonchev–Trinajstić information content (AvgIpc) is 2.38. The lowest BCUT2D eigenvalue weighted by molar-refractivity contribution is -0.138. The number of alkyl halides is 3. The number of nitrogens with two attached hydrogens (primary N) is 1. The zero-order valence-electron chi connectivity index (χ0n) is 10.6. The summed E-state index contributed by atoms with van der Waals surface area (Å²) < 4.78 is 38.5. The molecule has 1 aliphatic carbocycles. The van der Waals surface area contributed by atoms with E-state index in [1.807, 2.05) is 0 Å². The van der Waals surface area contributed by atoms with E-state index in [9.17, 15) is 18.3 Å². The van der Waals surface area contributed by atoms with E-state index in [0.717, 1.165) is 38.2 Å². The SMILES string of the molecule is NCC1(c2cccc(C(F)(F)F)c2O)CCCCC1. The van der Waals surface area contributed by atoms with Crippen molar-refractivity contribution in [1.82, 2.24) is 0 Å². The molecular weight excluding hydrogens is 255 g/mol. The highest BCUT2D eigenvalue weighted by molar-refractivity contribution is 5.46. The predicted molar refractivity (Wildman–Crippen MR) is 66.9 cm³/mol. The molecular formula is C14H18F3NO. The van der Waals surface area contributed by atoms with Gasteiger partial charge in [0.25, 0.3) is 0 Å². The average molecular weight is 273 g/mol. The van der Waals surface area contributed by atoms with Crippen LogP contribution in [0.2, 0.25) is 0 Å². The maximum Gasteiger partial charge on any atom is 0.419 e. The molecule has 0 aromatic heterocycles. The second-order valence-corrected chi connectivity index (χ2v) is 5.24. The highest BCUT2D eigenvalue weighted by atomic mass is 19.4. The molecule has 1 saturated carbocycles. The van der Waals surface area contributed by atoms with Gasteiger partial charge in [0.1, 0.15) is 5.75 Å². The number of phenolic OH excluding ortho intramolecular Hbond substituents is 1. The first kappa shape index (κ1) is 14.2. The zero-order chi connectivity index (χ0) is 14.1. The van der Waals surface area contributed by atoms with Gasteiger partial charge in [-0.3, -0.25) is 0 Å². The molecule has 1 aromatic carbocycles. The van der Waals surface area contributed by atoms with Crippen LogP contribution in [0.3, 0.4) is 0 Å². The second kappa shape index (κ2) is 5.04. The van der Waals surface area contributed by atoms with E-state index in [0.29, 0.717) is 5.56 Å². The lowest BCUT2D eigenvalue weighted by atomic mass is 9.69. The van der Waals surface area contributed by atoms with Gasteiger partial charge in [-0.05, 0) is 18.9 Å². The summed E-state index contributed by atoms with van der Waals surface area (Å²) in [6.45, 7) is 0.266. The third kappa shape index (κ3) is 2.56. The van der Waals surface area contributed by atoms with Crippen LogP contribution in [0.1, 0.15) is 43.2 Å². The summed E-state index contributed by atoms with van der Waals surface area (Å²) in [6.07, 6.45) is -0.122. The van der Waals surface area contributed by atoms with Crippen LogP contribution in [0.5, 0.6) is 5.75 Å². The van der Waals surface area contributed by atoms with Crippen LogP contribution in [0, 0.1) is 0 Å². The smallest absolute Gasteiger partial charge is 0.419 e. The second-order valence-electron chi connectivity index (χ2n) is 5.24. The highest BCUT2D eigenvalue weighted by Crippen LogP contribution is 2.46. The molecule has 5 heteroatoms. The fourth-order valence-corrected chi connectivity index (χ4v) is 3.01. The first-order chi connectivity index (χ1) is 8.91. The van der Waals surface area contributed by atoms with E-state index in [-0.39, 0.29) is 6.54 Å². The van der Waals surface area contributed by atoms with E-state index in [4.69, 9.17) is 5.73 Å². The zero-order valence-corrected chi connectivity index (χ0v) is 10.6. The molecule has 1 aromatic rings. The van der Waals surface area contributed by atoms with E-state index in [1.54, 1.807) is 6.07 Å². The summed E-state index contributed by atoms with van der Waals surface area (Å²) in [7, 11) is 0. The fraction of sp³-hybridized carbons (Fsp3) is 0.571. The summed E-state index contributed by atoms with van der Waals surface area (Å²) in [5.74, 6) is -0.651. The number of benzene rings is 1. The van der Waals surface area contributed by atoms with Crippen molar-refractivity contribution >= 4 is 0 Å². The van der Waals surface area contributed by atoms with Gasteiger partial charge < -0.3 is 10.8 Å². The Morgan fingerprint density at radius 3 is 2.32 bits per heavy atom. The molecule has 0 unspecified atom stereocenters. The maximum atomic E-state index is 12.8. The van der Waals surface area contributed by atoms with Gasteiger partial charge in [0.2, 0.25) is 0 Å². The molecule has 0 aliphatic heterocycles. The van der Waals surface area contributed by atoms with Gasteiger partial charge in [-0.25, -0.2) is 0 Å². The summed E-state index contributed by atoms with van der Waals surface area (Å²) >= 11 is 0. The monoisotopic (exact) mass is 273 g/mol. The normalized spacial score (nSPS) is 19.4. The quantitative estimate of drug-likeness (QED) is 0.865. The van der Waals surface area contributed by atoms with Crippen molar-refractivity contribution in [2.75, 3.05) is 6.54 Å². The summed E-state index contributed by atoms with van der Waals surface area (Å²) in [5, 5.41) is 10.00.